The second-order valence-electron chi connectivity index (χ2n) is 7.36. The first-order chi connectivity index (χ1) is 12.4. The van der Waals surface area contributed by atoms with Gasteiger partial charge in [0, 0.05) is 28.0 Å². The molecule has 3 fully saturated rings. The lowest BCUT2D eigenvalue weighted by molar-refractivity contribution is -0.125. The first-order valence-electron chi connectivity index (χ1n) is 8.50. The summed E-state index contributed by atoms with van der Waals surface area (Å²) < 4.78 is 34.7. The number of anilines is 1. The standard InChI is InChI=1S/C18H20F2N2O3S/c1-26-14(9-2-13(25-17(19)20)16(21)22-6-9)3-12(23)15-10-4-18(5-11(10)15)7-24-8-18/h2-3,6,10-11,15,17H,4-5,7-8H2,1H3,(H2,21,22)/b14-3+. The second kappa shape index (κ2) is 6.49. The van der Waals surface area contributed by atoms with Crippen LogP contribution in [0.1, 0.15) is 18.4 Å². The van der Waals surface area contributed by atoms with E-state index in [-0.39, 0.29) is 23.3 Å². The zero-order valence-electron chi connectivity index (χ0n) is 14.3. The van der Waals surface area contributed by atoms with Crippen LogP contribution < -0.4 is 10.5 Å². The van der Waals surface area contributed by atoms with Crippen molar-refractivity contribution in [1.82, 2.24) is 4.98 Å². The van der Waals surface area contributed by atoms with Crippen LogP contribution in [0.2, 0.25) is 0 Å². The molecule has 0 amide bonds. The van der Waals surface area contributed by atoms with Gasteiger partial charge in [-0.05, 0) is 43.1 Å². The van der Waals surface area contributed by atoms with Crippen molar-refractivity contribution in [3.05, 3.63) is 23.9 Å². The third-order valence-electron chi connectivity index (χ3n) is 5.69. The summed E-state index contributed by atoms with van der Waals surface area (Å²) in [6.45, 7) is -1.32. The molecule has 8 heteroatoms. The lowest BCUT2D eigenvalue weighted by Gasteiger charge is -2.39. The van der Waals surface area contributed by atoms with Crippen LogP contribution in [0.3, 0.4) is 0 Å². The predicted octanol–water partition coefficient (Wildman–Crippen LogP) is 3.21. The van der Waals surface area contributed by atoms with Gasteiger partial charge in [0.25, 0.3) is 0 Å². The monoisotopic (exact) mass is 382 g/mol. The molecular weight excluding hydrogens is 362 g/mol. The Labute approximate surface area is 154 Å². The van der Waals surface area contributed by atoms with Crippen molar-refractivity contribution in [3.8, 4) is 5.75 Å². The number of carbonyl (C=O) groups excluding carboxylic acids is 1. The summed E-state index contributed by atoms with van der Waals surface area (Å²) >= 11 is 1.37. The van der Waals surface area contributed by atoms with E-state index in [1.165, 1.54) is 24.0 Å². The number of hydrogen-bond acceptors (Lipinski definition) is 6. The molecule has 2 saturated carbocycles. The second-order valence-corrected chi connectivity index (χ2v) is 8.20. The normalized spacial score (nSPS) is 28.8. The number of allylic oxidation sites excluding steroid dienone is 1. The number of nitrogens with zero attached hydrogens (tertiary/aromatic N) is 1. The van der Waals surface area contributed by atoms with Gasteiger partial charge >= 0.3 is 6.61 Å². The number of ketones is 1. The number of nitrogens with two attached hydrogens (primary N) is 1. The van der Waals surface area contributed by atoms with E-state index in [1.807, 2.05) is 6.26 Å². The number of thioether (sulfide) groups is 1. The Morgan fingerprint density at radius 3 is 2.69 bits per heavy atom. The number of nitrogen functional groups attached to an aromatic ring is 1. The van der Waals surface area contributed by atoms with Gasteiger partial charge in [-0.1, -0.05) is 0 Å². The van der Waals surface area contributed by atoms with Gasteiger partial charge < -0.3 is 15.2 Å². The predicted molar refractivity (Wildman–Crippen MR) is 94.7 cm³/mol. The molecule has 140 valence electrons. The first-order valence-corrected chi connectivity index (χ1v) is 9.73. The molecule has 1 aromatic rings. The zero-order chi connectivity index (χ0) is 18.5. The van der Waals surface area contributed by atoms with Crippen LogP contribution in [0.15, 0.2) is 18.3 Å². The molecule has 0 radical (unpaired) electrons. The van der Waals surface area contributed by atoms with E-state index in [1.54, 1.807) is 6.08 Å². The molecule has 2 N–H and O–H groups in total. The quantitative estimate of drug-likeness (QED) is 0.762. The summed E-state index contributed by atoms with van der Waals surface area (Å²) in [6.07, 6.45) is 7.06. The van der Waals surface area contributed by atoms with Crippen LogP contribution in [-0.4, -0.2) is 36.8 Å². The first kappa shape index (κ1) is 17.7. The highest BCUT2D eigenvalue weighted by Crippen LogP contribution is 2.66. The smallest absolute Gasteiger partial charge is 0.387 e. The fraction of sp³-hybridized carbons (Fsp3) is 0.556. The summed E-state index contributed by atoms with van der Waals surface area (Å²) in [5, 5.41) is 0. The summed E-state index contributed by atoms with van der Waals surface area (Å²) in [5.41, 5.74) is 6.45. The van der Waals surface area contributed by atoms with Crippen LogP contribution in [0.25, 0.3) is 4.91 Å². The lowest BCUT2D eigenvalue weighted by Crippen LogP contribution is -2.41. The average Bonchev–Trinajstić information content (AvgIpc) is 3.08. The van der Waals surface area contributed by atoms with Crippen molar-refractivity contribution in [1.29, 1.82) is 0 Å². The molecule has 0 bridgehead atoms. The minimum atomic E-state index is -2.98. The Hall–Kier alpha value is -1.67. The molecule has 1 saturated heterocycles. The molecule has 5 nitrogen and oxygen atoms in total. The maximum atomic E-state index is 12.7. The SMILES string of the molecule is CS/C(=C/C(=O)C1C2CC3(COC3)CC21)c1cnc(N)c(OC(F)F)c1. The van der Waals surface area contributed by atoms with E-state index in [4.69, 9.17) is 10.5 Å². The molecule has 1 aliphatic heterocycles. The molecule has 1 spiro atoms. The zero-order valence-corrected chi connectivity index (χ0v) is 15.1. The van der Waals surface area contributed by atoms with Crippen molar-refractivity contribution in [2.24, 2.45) is 23.2 Å². The summed E-state index contributed by atoms with van der Waals surface area (Å²) in [6, 6.07) is 1.40. The molecule has 4 rings (SSSR count). The van der Waals surface area contributed by atoms with E-state index in [0.29, 0.717) is 27.7 Å². The maximum absolute atomic E-state index is 12.7. The molecule has 0 aromatic carbocycles. The van der Waals surface area contributed by atoms with Crippen LogP contribution in [-0.2, 0) is 9.53 Å². The molecule has 2 unspecified atom stereocenters. The van der Waals surface area contributed by atoms with Gasteiger partial charge in [0.05, 0.1) is 13.2 Å². The summed E-state index contributed by atoms with van der Waals surface area (Å²) in [5.74, 6) is 0.834. The third kappa shape index (κ3) is 3.09. The number of alkyl halides is 2. The number of carbonyl (C=O) groups is 1. The van der Waals surface area contributed by atoms with Crippen LogP contribution in [0.4, 0.5) is 14.6 Å². The highest BCUT2D eigenvalue weighted by molar-refractivity contribution is 8.07. The number of halogens is 2. The lowest BCUT2D eigenvalue weighted by atomic mass is 9.79. The van der Waals surface area contributed by atoms with Crippen molar-refractivity contribution < 1.29 is 23.0 Å². The van der Waals surface area contributed by atoms with E-state index < -0.39 is 6.61 Å². The Bertz CT molecular complexity index is 753. The van der Waals surface area contributed by atoms with Gasteiger partial charge in [0.2, 0.25) is 0 Å². The minimum Gasteiger partial charge on any atom is -0.431 e. The van der Waals surface area contributed by atoms with Gasteiger partial charge in [-0.3, -0.25) is 4.79 Å². The Balaban J connectivity index is 1.48. The van der Waals surface area contributed by atoms with E-state index in [2.05, 4.69) is 9.72 Å². The Kier molecular flexibility index (Phi) is 4.43. The third-order valence-corrected chi connectivity index (χ3v) is 6.48. The molecule has 1 aromatic heterocycles. The molecule has 3 aliphatic rings. The number of ether oxygens (including phenoxy) is 2. The largest absolute Gasteiger partial charge is 0.431 e. The highest BCUT2D eigenvalue weighted by atomic mass is 32.2. The van der Waals surface area contributed by atoms with E-state index in [9.17, 15) is 13.6 Å². The maximum Gasteiger partial charge on any atom is 0.387 e. The summed E-state index contributed by atoms with van der Waals surface area (Å²) in [4.78, 5) is 17.3. The van der Waals surface area contributed by atoms with Crippen LogP contribution in [0, 0.1) is 23.2 Å². The molecule has 26 heavy (non-hydrogen) atoms. The fourth-order valence-corrected chi connectivity index (χ4v) is 4.98. The molecular formula is C18H20F2N2O3S. The fourth-order valence-electron chi connectivity index (χ4n) is 4.40. The number of fused-ring (bicyclic) bond motifs is 1. The Morgan fingerprint density at radius 1 is 1.46 bits per heavy atom. The van der Waals surface area contributed by atoms with Gasteiger partial charge in [0.15, 0.2) is 17.4 Å². The number of pyridine rings is 1. The Morgan fingerprint density at radius 2 is 2.15 bits per heavy atom. The number of aromatic nitrogens is 1. The van der Waals surface area contributed by atoms with Gasteiger partial charge in [-0.2, -0.15) is 8.78 Å². The van der Waals surface area contributed by atoms with Crippen molar-refractivity contribution in [2.45, 2.75) is 19.5 Å². The van der Waals surface area contributed by atoms with Gasteiger partial charge in [0.1, 0.15) is 0 Å². The number of hydrogen-bond donors (Lipinski definition) is 1. The van der Waals surface area contributed by atoms with Crippen LogP contribution in [0.5, 0.6) is 5.75 Å². The van der Waals surface area contributed by atoms with Gasteiger partial charge in [-0.25, -0.2) is 4.98 Å². The van der Waals surface area contributed by atoms with E-state index >= 15 is 0 Å². The molecule has 2 atom stereocenters. The molecule has 2 aliphatic carbocycles. The molecule has 2 heterocycles. The highest BCUT2D eigenvalue weighted by Gasteiger charge is 2.65. The van der Waals surface area contributed by atoms with Crippen molar-refractivity contribution in [3.63, 3.8) is 0 Å². The average molecular weight is 382 g/mol. The minimum absolute atomic E-state index is 0.0851. The summed E-state index contributed by atoms with van der Waals surface area (Å²) in [7, 11) is 0. The van der Waals surface area contributed by atoms with Crippen molar-refractivity contribution in [2.75, 3.05) is 25.2 Å². The van der Waals surface area contributed by atoms with E-state index in [0.717, 1.165) is 26.1 Å². The van der Waals surface area contributed by atoms with Crippen LogP contribution >= 0.6 is 11.8 Å². The van der Waals surface area contributed by atoms with Gasteiger partial charge in [-0.15, -0.1) is 11.8 Å². The number of rotatable bonds is 6. The topological polar surface area (TPSA) is 74.4 Å². The van der Waals surface area contributed by atoms with Crippen molar-refractivity contribution >= 4 is 28.3 Å².